The summed E-state index contributed by atoms with van der Waals surface area (Å²) in [4.78, 5) is 65.9. The van der Waals surface area contributed by atoms with E-state index in [1.165, 1.54) is 84.4 Å². The van der Waals surface area contributed by atoms with Crippen LogP contribution in [0.1, 0.15) is 74.7 Å². The van der Waals surface area contributed by atoms with E-state index < -0.39 is 123 Å². The van der Waals surface area contributed by atoms with Crippen LogP contribution >= 0.6 is 0 Å². The Balaban J connectivity index is 1.69. The molecule has 64 heavy (non-hydrogen) atoms. The standard InChI is InChI=1S/C46H54N2O16/c1-20-12-11-13-21(2)43(56)47-33-34(48-45(58)63-28-16-14-27(15-17-28)44(57)60-10)38(53)30-31(39(33)54)37(52)25(6)41-32(30)42(55)46(8,64-41)61-19-18-29(59-9)22(3)40(62-26(7)49)24(5)36(51)23(4)35(20)50/h11-20,22-24,29,35-36,40,50-54H,1-10H3,(H,47,56)(H,48,58)/b12-11+,19-18+,21-13-/t20-,22+,23+,24+,29-,35-,36+,40+,46-/m0/s1. The summed E-state index contributed by atoms with van der Waals surface area (Å²) < 4.78 is 33.5. The van der Waals surface area contributed by atoms with Crippen molar-refractivity contribution in [1.29, 1.82) is 0 Å². The number of benzene rings is 3. The number of esters is 2. The van der Waals surface area contributed by atoms with Gasteiger partial charge in [-0.1, -0.05) is 45.9 Å². The molecule has 5 bridgehead atoms. The molecule has 0 fully saturated rings. The lowest BCUT2D eigenvalue weighted by molar-refractivity contribution is -0.160. The highest BCUT2D eigenvalue weighted by molar-refractivity contribution is 6.24. The lowest BCUT2D eigenvalue weighted by Crippen LogP contribution is -2.46. The fourth-order valence-electron chi connectivity index (χ4n) is 7.86. The molecule has 6 rings (SSSR count). The smallest absolute Gasteiger partial charge is 0.417 e. The van der Waals surface area contributed by atoms with Gasteiger partial charge < -0.3 is 59.3 Å². The minimum Gasteiger partial charge on any atom is -0.507 e. The van der Waals surface area contributed by atoms with E-state index >= 15 is 0 Å². The summed E-state index contributed by atoms with van der Waals surface area (Å²) in [5.74, 6) is -10.7. The normalized spacial score (nSPS) is 28.2. The summed E-state index contributed by atoms with van der Waals surface area (Å²) in [6, 6.07) is 5.23. The number of carbonyl (C=O) groups is 5. The van der Waals surface area contributed by atoms with Crippen molar-refractivity contribution in [2.45, 2.75) is 85.6 Å². The molecule has 3 aromatic rings. The molecule has 0 aliphatic carbocycles. The molecular weight excluding hydrogens is 837 g/mol. The Morgan fingerprint density at radius 2 is 1.52 bits per heavy atom. The largest absolute Gasteiger partial charge is 0.507 e. The van der Waals surface area contributed by atoms with Crippen LogP contribution in [-0.4, -0.2) is 99.7 Å². The second-order valence-corrected chi connectivity index (χ2v) is 16.1. The number of fused-ring (bicyclic) bond motifs is 14. The Bertz CT molecular complexity index is 2420. The number of nitrogens with one attached hydrogen (secondary N) is 2. The van der Waals surface area contributed by atoms with Gasteiger partial charge in [0.1, 0.15) is 40.5 Å². The van der Waals surface area contributed by atoms with Gasteiger partial charge in [0.2, 0.25) is 0 Å². The summed E-state index contributed by atoms with van der Waals surface area (Å²) in [5, 5.41) is 62.2. The third kappa shape index (κ3) is 9.48. The van der Waals surface area contributed by atoms with Crippen molar-refractivity contribution in [2.75, 3.05) is 24.9 Å². The predicted octanol–water partition coefficient (Wildman–Crippen LogP) is 6.15. The van der Waals surface area contributed by atoms with Gasteiger partial charge in [0.25, 0.3) is 11.7 Å². The molecule has 9 atom stereocenters. The number of ketones is 1. The summed E-state index contributed by atoms with van der Waals surface area (Å²) in [6.07, 6.45) is 1.66. The monoisotopic (exact) mass is 890 g/mol. The fraction of sp³-hybridized carbons (Fsp3) is 0.413. The summed E-state index contributed by atoms with van der Waals surface area (Å²) in [5.41, 5.74) is -1.50. The third-order valence-corrected chi connectivity index (χ3v) is 11.7. The number of ether oxygens (including phenoxy) is 6. The molecule has 344 valence electrons. The molecule has 3 aliphatic heterocycles. The molecule has 3 aromatic carbocycles. The summed E-state index contributed by atoms with van der Waals surface area (Å²) in [7, 11) is 2.59. The lowest BCUT2D eigenvalue weighted by Gasteiger charge is -2.38. The van der Waals surface area contributed by atoms with Crippen molar-refractivity contribution in [3.8, 4) is 28.7 Å². The van der Waals surface area contributed by atoms with Crippen LogP contribution in [0.2, 0.25) is 0 Å². The first-order chi connectivity index (χ1) is 30.1. The van der Waals surface area contributed by atoms with E-state index in [0.717, 1.165) is 6.26 Å². The predicted molar refractivity (Wildman–Crippen MR) is 231 cm³/mol. The van der Waals surface area contributed by atoms with Crippen molar-refractivity contribution >= 4 is 51.9 Å². The number of carbonyl (C=O) groups excluding carboxylic acids is 5. The molecule has 2 amide bonds. The number of hydrogen-bond acceptors (Lipinski definition) is 16. The Morgan fingerprint density at radius 3 is 2.12 bits per heavy atom. The van der Waals surface area contributed by atoms with Crippen LogP contribution in [0.15, 0.2) is 60.4 Å². The van der Waals surface area contributed by atoms with Crippen LogP contribution in [0.25, 0.3) is 10.8 Å². The lowest BCUT2D eigenvalue weighted by atomic mass is 9.78. The number of anilines is 2. The number of phenolic OH excluding ortho intramolecular Hbond substituents is 3. The van der Waals surface area contributed by atoms with Gasteiger partial charge in [-0.15, -0.1) is 0 Å². The van der Waals surface area contributed by atoms with Gasteiger partial charge in [0.15, 0.2) is 5.75 Å². The van der Waals surface area contributed by atoms with Gasteiger partial charge >= 0.3 is 23.8 Å². The van der Waals surface area contributed by atoms with Crippen LogP contribution < -0.4 is 20.1 Å². The number of allylic oxidation sites excluding steroid dienone is 2. The third-order valence-electron chi connectivity index (χ3n) is 11.7. The number of aliphatic hydroxyl groups excluding tert-OH is 2. The van der Waals surface area contributed by atoms with Gasteiger partial charge in [-0.3, -0.25) is 19.7 Å². The number of methoxy groups -OCH3 is 2. The van der Waals surface area contributed by atoms with Crippen LogP contribution in [0.5, 0.6) is 28.7 Å². The molecule has 7 N–H and O–H groups in total. The molecule has 3 heterocycles. The van der Waals surface area contributed by atoms with E-state index in [4.69, 9.17) is 28.4 Å². The second-order valence-electron chi connectivity index (χ2n) is 16.1. The quantitative estimate of drug-likeness (QED) is 0.0860. The number of hydrogen-bond donors (Lipinski definition) is 7. The zero-order valence-corrected chi connectivity index (χ0v) is 37.0. The molecule has 18 heteroatoms. The van der Waals surface area contributed by atoms with Gasteiger partial charge in [0.05, 0.1) is 48.2 Å². The van der Waals surface area contributed by atoms with Crippen LogP contribution in [0.3, 0.4) is 0 Å². The number of aromatic hydroxyl groups is 3. The number of amides is 2. The first-order valence-corrected chi connectivity index (χ1v) is 20.3. The summed E-state index contributed by atoms with van der Waals surface area (Å²) in [6.45, 7) is 12.0. The first-order valence-electron chi connectivity index (χ1n) is 20.3. The van der Waals surface area contributed by atoms with Crippen molar-refractivity contribution in [2.24, 2.45) is 23.7 Å². The van der Waals surface area contributed by atoms with Crippen LogP contribution in [0.4, 0.5) is 16.2 Å². The second kappa shape index (κ2) is 19.4. The van der Waals surface area contributed by atoms with E-state index in [1.54, 1.807) is 33.8 Å². The highest BCUT2D eigenvalue weighted by atomic mass is 16.7. The highest BCUT2D eigenvalue weighted by Gasteiger charge is 2.50. The van der Waals surface area contributed by atoms with Crippen molar-refractivity contribution < 1.29 is 77.9 Å². The summed E-state index contributed by atoms with van der Waals surface area (Å²) >= 11 is 0. The zero-order valence-electron chi connectivity index (χ0n) is 37.0. The van der Waals surface area contributed by atoms with Crippen molar-refractivity contribution in [1.82, 2.24) is 0 Å². The van der Waals surface area contributed by atoms with Gasteiger partial charge in [-0.25, -0.2) is 9.59 Å². The molecule has 0 unspecified atom stereocenters. The molecule has 0 saturated carbocycles. The number of Topliss-reactive ketones (excluding diaryl/α,β-unsaturated/α-hetero) is 1. The first kappa shape index (κ1) is 48.4. The number of phenols is 3. The van der Waals surface area contributed by atoms with E-state index in [9.17, 15) is 49.5 Å². The highest BCUT2D eigenvalue weighted by Crippen LogP contribution is 2.57. The van der Waals surface area contributed by atoms with Crippen molar-refractivity contribution in [3.05, 3.63) is 77.1 Å². The Labute approximate surface area is 369 Å². The van der Waals surface area contributed by atoms with E-state index in [2.05, 4.69) is 10.6 Å². The molecule has 18 nitrogen and oxygen atoms in total. The Hall–Kier alpha value is -6.63. The van der Waals surface area contributed by atoms with Crippen LogP contribution in [0, 0.1) is 30.6 Å². The molecule has 0 spiro atoms. The Kier molecular flexibility index (Phi) is 14.7. The van der Waals surface area contributed by atoms with E-state index in [-0.39, 0.29) is 33.8 Å². The average Bonchev–Trinajstić information content (AvgIpc) is 3.52. The topological polar surface area (TPSA) is 266 Å². The van der Waals surface area contributed by atoms with E-state index in [0.29, 0.717) is 0 Å². The maximum Gasteiger partial charge on any atom is 0.417 e. The van der Waals surface area contributed by atoms with Gasteiger partial charge in [-0.05, 0) is 44.2 Å². The average molecular weight is 891 g/mol. The van der Waals surface area contributed by atoms with Crippen molar-refractivity contribution in [3.63, 3.8) is 0 Å². The molecule has 0 saturated heterocycles. The van der Waals surface area contributed by atoms with Gasteiger partial charge in [0, 0.05) is 61.2 Å². The molecular formula is C46H54N2O16. The van der Waals surface area contributed by atoms with Crippen LogP contribution in [-0.2, 0) is 28.5 Å². The zero-order chi connectivity index (χ0) is 47.5. The SMILES string of the molecule is COC(=O)c1ccc(OC(=O)Nc2c3c(O)c4c(O)c(C)c5c(c4c2O)C(=O)[C@@](C)(O/C=C/[C@H](OC)[C@@H](C)[C@@H](OC(C)=O)[C@H](C)[C@H](O)[C@H](C)[C@@H](O)[C@@H](C)/C=C/C=C(/C)C(=O)N3)O5)cc1. The maximum atomic E-state index is 14.5. The number of aliphatic hydroxyl groups is 2. The van der Waals surface area contributed by atoms with E-state index in [1.807, 2.05) is 0 Å². The number of rotatable bonds is 5. The maximum absolute atomic E-state index is 14.5. The molecule has 3 aliphatic rings. The Morgan fingerprint density at radius 1 is 0.859 bits per heavy atom. The minimum atomic E-state index is -2.17. The molecule has 0 radical (unpaired) electrons. The van der Waals surface area contributed by atoms with Gasteiger partial charge in [-0.2, -0.15) is 0 Å². The fourth-order valence-corrected chi connectivity index (χ4v) is 7.86. The minimum absolute atomic E-state index is 0.0251. The molecule has 0 aromatic heterocycles.